The van der Waals surface area contributed by atoms with Crippen LogP contribution in [-0.4, -0.2) is 11.5 Å². The van der Waals surface area contributed by atoms with Crippen molar-refractivity contribution in [3.05, 3.63) is 0 Å². The zero-order valence-electron chi connectivity index (χ0n) is 27.9. The van der Waals surface area contributed by atoms with Crippen LogP contribution in [0.25, 0.3) is 0 Å². The molecule has 0 bridgehead atoms. The average Bonchev–Trinajstić information content (AvgIpc) is 2.95. The molecule has 0 aromatic rings. The largest absolute Gasteiger partial charge is 0.162 e. The van der Waals surface area contributed by atoms with E-state index in [4.69, 9.17) is 0 Å². The molecule has 0 spiro atoms. The minimum absolute atomic E-state index is 1.37. The summed E-state index contributed by atoms with van der Waals surface area (Å²) in [5.74, 6) is 2.83. The van der Waals surface area contributed by atoms with Gasteiger partial charge in [-0.15, -0.1) is 0 Å². The summed E-state index contributed by atoms with van der Waals surface area (Å²) in [5, 5.41) is 0. The summed E-state index contributed by atoms with van der Waals surface area (Å²) in [7, 11) is 0. The second kappa shape index (κ2) is 38.4. The molecular weight excluding hydrogens is 488 g/mol. The number of hydrogen-bond donors (Lipinski definition) is 0. The van der Waals surface area contributed by atoms with Gasteiger partial charge < -0.3 is 0 Å². The number of unbranched alkanes of at least 4 members (excludes halogenated alkanes) is 32. The van der Waals surface area contributed by atoms with Gasteiger partial charge in [0, 0.05) is 0 Å². The van der Waals surface area contributed by atoms with Gasteiger partial charge in [-0.1, -0.05) is 219 Å². The molecule has 1 heteroatoms. The Labute approximate surface area is 254 Å². The van der Waals surface area contributed by atoms with E-state index in [9.17, 15) is 0 Å². The predicted molar refractivity (Wildman–Crippen MR) is 186 cm³/mol. The first-order chi connectivity index (χ1) is 19.4. The summed E-state index contributed by atoms with van der Waals surface area (Å²) in [6, 6.07) is 0. The molecule has 0 radical (unpaired) electrons. The van der Waals surface area contributed by atoms with E-state index in [1.54, 1.807) is 0 Å². The maximum Gasteiger partial charge on any atom is -0.00675 e. The lowest BCUT2D eigenvalue weighted by Crippen LogP contribution is -1.87. The van der Waals surface area contributed by atoms with Crippen LogP contribution in [0.5, 0.6) is 0 Å². The first kappa shape index (κ1) is 39.4. The third-order valence-corrected chi connectivity index (χ3v) is 9.94. The van der Waals surface area contributed by atoms with Gasteiger partial charge in [0.25, 0.3) is 0 Å². The quantitative estimate of drug-likeness (QED) is 0.0679. The topological polar surface area (TPSA) is 0 Å². The highest BCUT2D eigenvalue weighted by Crippen LogP contribution is 2.17. The molecule has 0 aliphatic rings. The van der Waals surface area contributed by atoms with Gasteiger partial charge in [-0.2, -0.15) is 11.8 Å². The fraction of sp³-hybridized carbons (Fsp3) is 1.00. The van der Waals surface area contributed by atoms with Crippen LogP contribution in [0.4, 0.5) is 0 Å². The minimum atomic E-state index is 1.37. The molecule has 0 heterocycles. The van der Waals surface area contributed by atoms with Crippen molar-refractivity contribution in [1.29, 1.82) is 0 Å². The Balaban J connectivity index is 3.01. The van der Waals surface area contributed by atoms with Gasteiger partial charge in [-0.25, -0.2) is 0 Å². The van der Waals surface area contributed by atoms with Crippen LogP contribution in [-0.2, 0) is 0 Å². The van der Waals surface area contributed by atoms with Crippen LogP contribution >= 0.6 is 11.8 Å². The van der Waals surface area contributed by atoms with Crippen LogP contribution in [0.3, 0.4) is 0 Å². The number of rotatable bonds is 36. The third kappa shape index (κ3) is 38.4. The molecule has 0 amide bonds. The van der Waals surface area contributed by atoms with Crippen molar-refractivity contribution in [3.63, 3.8) is 0 Å². The van der Waals surface area contributed by atoms with Crippen LogP contribution in [0.15, 0.2) is 0 Å². The van der Waals surface area contributed by atoms with E-state index in [0.717, 1.165) is 0 Å². The Morgan fingerprint density at radius 3 is 0.538 bits per heavy atom. The van der Waals surface area contributed by atoms with Gasteiger partial charge in [-0.05, 0) is 24.3 Å². The first-order valence-corrected chi connectivity index (χ1v) is 20.1. The van der Waals surface area contributed by atoms with Gasteiger partial charge >= 0.3 is 0 Å². The lowest BCUT2D eigenvalue weighted by molar-refractivity contribution is 0.523. The Morgan fingerprint density at radius 1 is 0.205 bits per heavy atom. The minimum Gasteiger partial charge on any atom is -0.162 e. The SMILES string of the molecule is CCCCCCCCCCCCCCCCCCCCCCSCCCCCCCCCCCCCCCC. The Hall–Kier alpha value is 0.350. The molecular formula is C38H78S. The second-order valence-corrected chi connectivity index (χ2v) is 14.2. The van der Waals surface area contributed by atoms with Crippen molar-refractivity contribution in [2.24, 2.45) is 0 Å². The Kier molecular flexibility index (Phi) is 38.7. The fourth-order valence-electron chi connectivity index (χ4n) is 5.96. The van der Waals surface area contributed by atoms with Crippen LogP contribution in [0, 0.1) is 0 Å². The van der Waals surface area contributed by atoms with E-state index in [-0.39, 0.29) is 0 Å². The zero-order chi connectivity index (χ0) is 28.2. The standard InChI is InChI=1S/C38H78S/c1-3-5-7-9-11-13-15-17-19-20-21-22-23-24-26-28-30-32-34-36-38-39-37-35-33-31-29-27-25-18-16-14-12-10-8-6-4-2/h3-38H2,1-2H3. The normalized spacial score (nSPS) is 11.5. The van der Waals surface area contributed by atoms with E-state index < -0.39 is 0 Å². The predicted octanol–water partition coefficient (Wildman–Crippen LogP) is 15.0. The van der Waals surface area contributed by atoms with E-state index in [0.29, 0.717) is 0 Å². The highest BCUT2D eigenvalue weighted by atomic mass is 32.2. The van der Waals surface area contributed by atoms with Crippen molar-refractivity contribution < 1.29 is 0 Å². The maximum absolute atomic E-state index is 2.31. The highest BCUT2D eigenvalue weighted by Gasteiger charge is 1.97. The summed E-state index contributed by atoms with van der Waals surface area (Å²) >= 11 is 2.23. The summed E-state index contributed by atoms with van der Waals surface area (Å²) in [5.41, 5.74) is 0. The third-order valence-electron chi connectivity index (χ3n) is 8.78. The van der Waals surface area contributed by atoms with Crippen molar-refractivity contribution in [2.75, 3.05) is 11.5 Å². The molecule has 0 fully saturated rings. The van der Waals surface area contributed by atoms with Gasteiger partial charge in [0.05, 0.1) is 0 Å². The Morgan fingerprint density at radius 2 is 0.359 bits per heavy atom. The first-order valence-electron chi connectivity index (χ1n) is 19.0. The van der Waals surface area contributed by atoms with Gasteiger partial charge in [0.2, 0.25) is 0 Å². The smallest absolute Gasteiger partial charge is 0.00675 e. The number of hydrogen-bond acceptors (Lipinski definition) is 1. The van der Waals surface area contributed by atoms with Crippen LogP contribution < -0.4 is 0 Å². The monoisotopic (exact) mass is 567 g/mol. The van der Waals surface area contributed by atoms with Crippen LogP contribution in [0.2, 0.25) is 0 Å². The summed E-state index contributed by atoms with van der Waals surface area (Å²) in [6.45, 7) is 4.62. The number of thioether (sulfide) groups is 1. The van der Waals surface area contributed by atoms with E-state index in [1.165, 1.54) is 230 Å². The molecule has 0 aromatic heterocycles. The average molecular weight is 567 g/mol. The molecule has 0 saturated carbocycles. The molecule has 0 atom stereocenters. The van der Waals surface area contributed by atoms with Crippen molar-refractivity contribution in [2.45, 2.75) is 232 Å². The Bertz CT molecular complexity index is 356. The van der Waals surface area contributed by atoms with Gasteiger partial charge in [0.15, 0.2) is 0 Å². The molecule has 236 valence electrons. The molecule has 0 aromatic carbocycles. The van der Waals surface area contributed by atoms with Gasteiger partial charge in [-0.3, -0.25) is 0 Å². The van der Waals surface area contributed by atoms with Crippen molar-refractivity contribution in [3.8, 4) is 0 Å². The van der Waals surface area contributed by atoms with E-state index in [1.807, 2.05) is 0 Å². The van der Waals surface area contributed by atoms with Crippen LogP contribution in [0.1, 0.15) is 232 Å². The molecule has 0 rings (SSSR count). The molecule has 0 aliphatic carbocycles. The fourth-order valence-corrected chi connectivity index (χ4v) is 6.98. The lowest BCUT2D eigenvalue weighted by atomic mass is 10.0. The molecule has 0 N–H and O–H groups in total. The van der Waals surface area contributed by atoms with Crippen molar-refractivity contribution in [1.82, 2.24) is 0 Å². The molecule has 0 nitrogen and oxygen atoms in total. The highest BCUT2D eigenvalue weighted by molar-refractivity contribution is 7.99. The summed E-state index contributed by atoms with van der Waals surface area (Å²) in [6.07, 6.45) is 50.2. The van der Waals surface area contributed by atoms with Gasteiger partial charge in [0.1, 0.15) is 0 Å². The molecule has 0 aliphatic heterocycles. The molecule has 39 heavy (non-hydrogen) atoms. The van der Waals surface area contributed by atoms with E-state index in [2.05, 4.69) is 25.6 Å². The summed E-state index contributed by atoms with van der Waals surface area (Å²) in [4.78, 5) is 0. The molecule has 0 unspecified atom stereocenters. The zero-order valence-corrected chi connectivity index (χ0v) is 28.7. The summed E-state index contributed by atoms with van der Waals surface area (Å²) < 4.78 is 0. The molecule has 0 saturated heterocycles. The lowest BCUT2D eigenvalue weighted by Gasteiger charge is -2.05. The second-order valence-electron chi connectivity index (χ2n) is 12.9. The maximum atomic E-state index is 2.31. The van der Waals surface area contributed by atoms with Crippen molar-refractivity contribution >= 4 is 11.8 Å². The van der Waals surface area contributed by atoms with E-state index >= 15 is 0 Å².